The summed E-state index contributed by atoms with van der Waals surface area (Å²) < 4.78 is 28.7. The number of rotatable bonds is 3. The van der Waals surface area contributed by atoms with E-state index in [2.05, 4.69) is 10.4 Å². The van der Waals surface area contributed by atoms with Gasteiger partial charge in [-0.2, -0.15) is 0 Å². The molecule has 1 aliphatic carbocycles. The quantitative estimate of drug-likeness (QED) is 0.668. The number of hydrogen-bond donors (Lipinski definition) is 3. The summed E-state index contributed by atoms with van der Waals surface area (Å²) in [5, 5.41) is 7.20. The van der Waals surface area contributed by atoms with Gasteiger partial charge in [0.05, 0.1) is 23.3 Å². The van der Waals surface area contributed by atoms with Gasteiger partial charge in [0.1, 0.15) is 17.5 Å². The first kappa shape index (κ1) is 16.7. The van der Waals surface area contributed by atoms with Crippen molar-refractivity contribution in [2.45, 2.75) is 37.6 Å². The molecular formula is C18H20F2N6. The van der Waals surface area contributed by atoms with Crippen LogP contribution in [-0.2, 0) is 0 Å². The van der Waals surface area contributed by atoms with E-state index in [9.17, 15) is 8.78 Å². The maximum Gasteiger partial charge on any atom is 0.177 e. The summed E-state index contributed by atoms with van der Waals surface area (Å²) in [6.07, 6.45) is 5.77. The van der Waals surface area contributed by atoms with Crippen LogP contribution in [0.4, 0.5) is 26.0 Å². The Morgan fingerprint density at radius 2 is 1.85 bits per heavy atom. The van der Waals surface area contributed by atoms with Crippen LogP contribution in [0.15, 0.2) is 30.5 Å². The van der Waals surface area contributed by atoms with Crippen LogP contribution in [-0.4, -0.2) is 20.6 Å². The highest BCUT2D eigenvalue weighted by atomic mass is 19.1. The Labute approximate surface area is 149 Å². The van der Waals surface area contributed by atoms with Crippen molar-refractivity contribution in [3.05, 3.63) is 47.8 Å². The van der Waals surface area contributed by atoms with Crippen LogP contribution in [0.3, 0.4) is 0 Å². The number of fused-ring (bicyclic) bond motifs is 1. The van der Waals surface area contributed by atoms with Gasteiger partial charge in [0.2, 0.25) is 0 Å². The number of aromatic nitrogens is 3. The number of nitrogens with two attached hydrogens (primary N) is 2. The molecule has 136 valence electrons. The smallest absolute Gasteiger partial charge is 0.177 e. The van der Waals surface area contributed by atoms with Gasteiger partial charge in [0.15, 0.2) is 5.65 Å². The predicted octanol–water partition coefficient (Wildman–Crippen LogP) is 3.32. The molecule has 1 saturated carbocycles. The summed E-state index contributed by atoms with van der Waals surface area (Å²) in [7, 11) is 0. The predicted molar refractivity (Wildman–Crippen MR) is 96.2 cm³/mol. The molecule has 0 spiro atoms. The first-order valence-corrected chi connectivity index (χ1v) is 8.63. The molecule has 0 bridgehead atoms. The second-order valence-corrected chi connectivity index (χ2v) is 6.78. The SMILES string of the molecule is Nc1cc(Nc2ccc(F)cc2F)c2nc(C3CCC(N)CC3)cn2n1. The Balaban J connectivity index is 1.70. The Bertz CT molecular complexity index is 946. The first-order valence-electron chi connectivity index (χ1n) is 8.63. The number of nitrogen functional groups attached to an aromatic ring is 1. The van der Waals surface area contributed by atoms with Gasteiger partial charge in [-0.1, -0.05) is 0 Å². The standard InChI is InChI=1S/C18H20F2N6/c19-11-3-6-14(13(20)7-11)23-15-8-17(22)25-26-9-16(24-18(15)26)10-1-4-12(21)5-2-10/h3,6-10,12,23H,1-2,4-5,21H2,(H2,22,25). The Morgan fingerprint density at radius 3 is 2.58 bits per heavy atom. The highest BCUT2D eigenvalue weighted by Gasteiger charge is 2.23. The first-order chi connectivity index (χ1) is 12.5. The average molecular weight is 358 g/mol. The number of nitrogens with one attached hydrogen (secondary N) is 1. The fourth-order valence-corrected chi connectivity index (χ4v) is 3.45. The number of nitrogens with zero attached hydrogens (tertiary/aromatic N) is 3. The summed E-state index contributed by atoms with van der Waals surface area (Å²) in [5.74, 6) is -0.720. The second kappa shape index (κ2) is 6.53. The molecule has 26 heavy (non-hydrogen) atoms. The van der Waals surface area contributed by atoms with E-state index in [-0.39, 0.29) is 17.5 Å². The normalized spacial score (nSPS) is 20.4. The molecule has 0 amide bonds. The van der Waals surface area contributed by atoms with Crippen LogP contribution < -0.4 is 16.8 Å². The summed E-state index contributed by atoms with van der Waals surface area (Å²) in [5.41, 5.74) is 14.0. The van der Waals surface area contributed by atoms with E-state index in [0.717, 1.165) is 37.4 Å². The number of benzene rings is 1. The van der Waals surface area contributed by atoms with Gasteiger partial charge in [-0.05, 0) is 37.8 Å². The summed E-state index contributed by atoms with van der Waals surface area (Å²) >= 11 is 0. The molecular weight excluding hydrogens is 338 g/mol. The Kier molecular flexibility index (Phi) is 4.20. The van der Waals surface area contributed by atoms with Crippen molar-refractivity contribution < 1.29 is 8.78 Å². The van der Waals surface area contributed by atoms with Crippen molar-refractivity contribution in [1.82, 2.24) is 14.6 Å². The van der Waals surface area contributed by atoms with Gasteiger partial charge in [-0.15, -0.1) is 5.10 Å². The summed E-state index contributed by atoms with van der Waals surface area (Å²) in [6.45, 7) is 0. The lowest BCUT2D eigenvalue weighted by Crippen LogP contribution is -2.25. The Morgan fingerprint density at radius 1 is 1.08 bits per heavy atom. The highest BCUT2D eigenvalue weighted by molar-refractivity contribution is 5.75. The maximum atomic E-state index is 14.0. The van der Waals surface area contributed by atoms with Crippen LogP contribution in [0.2, 0.25) is 0 Å². The van der Waals surface area contributed by atoms with Crippen molar-refractivity contribution in [3.63, 3.8) is 0 Å². The Hall–Kier alpha value is -2.74. The van der Waals surface area contributed by atoms with E-state index in [0.29, 0.717) is 17.3 Å². The van der Waals surface area contributed by atoms with Crippen LogP contribution in [0, 0.1) is 11.6 Å². The third-order valence-electron chi connectivity index (χ3n) is 4.85. The van der Waals surface area contributed by atoms with E-state index < -0.39 is 11.6 Å². The lowest BCUT2D eigenvalue weighted by molar-refractivity contribution is 0.391. The third-order valence-corrected chi connectivity index (χ3v) is 4.85. The fourth-order valence-electron chi connectivity index (χ4n) is 3.45. The van der Waals surface area contributed by atoms with Crippen LogP contribution in [0.1, 0.15) is 37.3 Å². The topological polar surface area (TPSA) is 94.3 Å². The molecule has 0 saturated heterocycles. The molecule has 0 radical (unpaired) electrons. The molecule has 4 rings (SSSR count). The minimum absolute atomic E-state index is 0.145. The number of halogens is 2. The molecule has 0 unspecified atom stereocenters. The number of hydrogen-bond acceptors (Lipinski definition) is 5. The molecule has 1 aromatic carbocycles. The van der Waals surface area contributed by atoms with Gasteiger partial charge in [-0.3, -0.25) is 0 Å². The van der Waals surface area contributed by atoms with E-state index in [1.807, 2.05) is 6.20 Å². The van der Waals surface area contributed by atoms with Crippen molar-refractivity contribution >= 4 is 22.8 Å². The maximum absolute atomic E-state index is 14.0. The van der Waals surface area contributed by atoms with Gasteiger partial charge in [-0.25, -0.2) is 18.3 Å². The van der Waals surface area contributed by atoms with E-state index in [1.54, 1.807) is 10.6 Å². The van der Waals surface area contributed by atoms with E-state index in [4.69, 9.17) is 16.5 Å². The molecule has 0 atom stereocenters. The van der Waals surface area contributed by atoms with Crippen LogP contribution in [0.25, 0.3) is 5.65 Å². The number of imidazole rings is 1. The summed E-state index contributed by atoms with van der Waals surface area (Å²) in [4.78, 5) is 4.69. The van der Waals surface area contributed by atoms with Crippen molar-refractivity contribution in [1.29, 1.82) is 0 Å². The number of anilines is 3. The van der Waals surface area contributed by atoms with Crippen molar-refractivity contribution in [3.8, 4) is 0 Å². The van der Waals surface area contributed by atoms with E-state index >= 15 is 0 Å². The molecule has 8 heteroatoms. The monoisotopic (exact) mass is 358 g/mol. The molecule has 3 aromatic rings. The van der Waals surface area contributed by atoms with E-state index in [1.165, 1.54) is 12.1 Å². The summed E-state index contributed by atoms with van der Waals surface area (Å²) in [6, 6.07) is 5.20. The minimum atomic E-state index is -0.688. The molecule has 5 N–H and O–H groups in total. The largest absolute Gasteiger partial charge is 0.382 e. The molecule has 2 aromatic heterocycles. The van der Waals surface area contributed by atoms with Gasteiger partial charge in [0, 0.05) is 24.1 Å². The zero-order chi connectivity index (χ0) is 18.3. The fraction of sp³-hybridized carbons (Fsp3) is 0.333. The lowest BCUT2D eigenvalue weighted by Gasteiger charge is -2.24. The average Bonchev–Trinajstić information content (AvgIpc) is 3.02. The van der Waals surface area contributed by atoms with Gasteiger partial charge in [0.25, 0.3) is 0 Å². The van der Waals surface area contributed by atoms with Crippen molar-refractivity contribution in [2.75, 3.05) is 11.1 Å². The zero-order valence-corrected chi connectivity index (χ0v) is 14.1. The van der Waals surface area contributed by atoms with Crippen molar-refractivity contribution in [2.24, 2.45) is 5.73 Å². The molecule has 1 aliphatic rings. The molecule has 1 fully saturated rings. The van der Waals surface area contributed by atoms with Crippen LogP contribution >= 0.6 is 0 Å². The molecule has 0 aliphatic heterocycles. The van der Waals surface area contributed by atoms with Crippen LogP contribution in [0.5, 0.6) is 0 Å². The minimum Gasteiger partial charge on any atom is -0.382 e. The molecule has 6 nitrogen and oxygen atoms in total. The molecule has 2 heterocycles. The zero-order valence-electron chi connectivity index (χ0n) is 14.1. The second-order valence-electron chi connectivity index (χ2n) is 6.78. The van der Waals surface area contributed by atoms with Gasteiger partial charge < -0.3 is 16.8 Å². The third kappa shape index (κ3) is 3.20. The van der Waals surface area contributed by atoms with Gasteiger partial charge >= 0.3 is 0 Å². The lowest BCUT2D eigenvalue weighted by atomic mass is 9.85. The highest BCUT2D eigenvalue weighted by Crippen LogP contribution is 2.33.